The smallest absolute Gasteiger partial charge is 0.139 e. The fourth-order valence-corrected chi connectivity index (χ4v) is 2.60. The lowest BCUT2D eigenvalue weighted by molar-refractivity contribution is -0.102. The van der Waals surface area contributed by atoms with Crippen LogP contribution in [0.5, 0.6) is 0 Å². The third-order valence-corrected chi connectivity index (χ3v) is 4.18. The van der Waals surface area contributed by atoms with Crippen molar-refractivity contribution in [2.75, 3.05) is 6.61 Å². The Bertz CT molecular complexity index is 816. The normalized spacial score (nSPS) is 16.6. The van der Waals surface area contributed by atoms with Gasteiger partial charge in [-0.15, -0.1) is 0 Å². The van der Waals surface area contributed by atoms with Crippen molar-refractivity contribution >= 4 is 12.2 Å². The van der Waals surface area contributed by atoms with Gasteiger partial charge in [0.05, 0.1) is 0 Å². The minimum atomic E-state index is -1.86. The molecule has 29 heavy (non-hydrogen) atoms. The molecule has 0 spiro atoms. The molecule has 2 aromatic rings. The van der Waals surface area contributed by atoms with Gasteiger partial charge >= 0.3 is 0 Å². The first kappa shape index (κ1) is 22.4. The average molecular weight is 398 g/mol. The van der Waals surface area contributed by atoms with Gasteiger partial charge in [0.1, 0.15) is 42.5 Å². The van der Waals surface area contributed by atoms with Crippen molar-refractivity contribution in [1.82, 2.24) is 0 Å². The standard InChI is InChI=1S/C23H26O6/c1-2-13-29-19(15-17-11-7-4-8-12-17)21(26)23(28)22(27)20(25)18(24)14-16-9-5-3-6-10-16/h2-12,14-15,20-28H,1,13H2/t20-,21+,22-,23-/m1/s1. The SMILES string of the molecule is C=CCOC(=Cc1ccccc1)[C@H](O)[C@@H](O)[C@H](O)[C@H](O)C(O)=Cc1ccccc1. The molecule has 0 amide bonds. The quantitative estimate of drug-likeness (QED) is 0.310. The number of aliphatic hydroxyl groups is 5. The molecule has 0 aliphatic carbocycles. The first-order valence-corrected chi connectivity index (χ1v) is 9.12. The first-order chi connectivity index (χ1) is 13.9. The third-order valence-electron chi connectivity index (χ3n) is 4.18. The molecular formula is C23H26O6. The molecule has 0 aliphatic heterocycles. The molecule has 4 atom stereocenters. The summed E-state index contributed by atoms with van der Waals surface area (Å²) in [6, 6.07) is 17.7. The maximum atomic E-state index is 10.5. The highest BCUT2D eigenvalue weighted by atomic mass is 16.5. The molecule has 0 aromatic heterocycles. The van der Waals surface area contributed by atoms with Crippen LogP contribution in [0.15, 0.2) is 84.8 Å². The largest absolute Gasteiger partial charge is 0.509 e. The maximum absolute atomic E-state index is 10.5. The second-order valence-electron chi connectivity index (χ2n) is 6.41. The van der Waals surface area contributed by atoms with Crippen LogP contribution in [0, 0.1) is 0 Å². The molecule has 0 saturated carbocycles. The van der Waals surface area contributed by atoms with Gasteiger partial charge in [-0.25, -0.2) is 0 Å². The molecule has 6 nitrogen and oxygen atoms in total. The topological polar surface area (TPSA) is 110 Å². The number of ether oxygens (including phenoxy) is 1. The van der Waals surface area contributed by atoms with Crippen LogP contribution in [-0.2, 0) is 4.74 Å². The Balaban J connectivity index is 2.17. The summed E-state index contributed by atoms with van der Waals surface area (Å²) in [5.41, 5.74) is 1.31. The van der Waals surface area contributed by atoms with E-state index in [1.807, 2.05) is 6.07 Å². The van der Waals surface area contributed by atoms with E-state index in [0.717, 1.165) is 0 Å². The molecule has 154 valence electrons. The molecular weight excluding hydrogens is 372 g/mol. The predicted molar refractivity (Wildman–Crippen MR) is 112 cm³/mol. The highest BCUT2D eigenvalue weighted by molar-refractivity contribution is 5.53. The Hall–Kier alpha value is -2.90. The fraction of sp³-hybridized carbons (Fsp3) is 0.217. The van der Waals surface area contributed by atoms with Gasteiger partial charge in [0.2, 0.25) is 0 Å². The van der Waals surface area contributed by atoms with E-state index in [4.69, 9.17) is 4.74 Å². The van der Waals surface area contributed by atoms with Crippen molar-refractivity contribution in [3.8, 4) is 0 Å². The first-order valence-electron chi connectivity index (χ1n) is 9.12. The van der Waals surface area contributed by atoms with Crippen molar-refractivity contribution < 1.29 is 30.3 Å². The molecule has 0 bridgehead atoms. The summed E-state index contributed by atoms with van der Waals surface area (Å²) < 4.78 is 5.43. The van der Waals surface area contributed by atoms with Gasteiger partial charge in [-0.1, -0.05) is 73.3 Å². The lowest BCUT2D eigenvalue weighted by Gasteiger charge is -2.27. The molecule has 0 aliphatic rings. The van der Waals surface area contributed by atoms with Crippen LogP contribution < -0.4 is 0 Å². The Morgan fingerprint density at radius 1 is 0.793 bits per heavy atom. The summed E-state index contributed by atoms with van der Waals surface area (Å²) in [7, 11) is 0. The summed E-state index contributed by atoms with van der Waals surface area (Å²) in [6.45, 7) is 3.61. The van der Waals surface area contributed by atoms with E-state index in [1.165, 1.54) is 18.2 Å². The number of hydrogen-bond donors (Lipinski definition) is 5. The molecule has 5 N–H and O–H groups in total. The van der Waals surface area contributed by atoms with E-state index in [-0.39, 0.29) is 12.4 Å². The van der Waals surface area contributed by atoms with Crippen LogP contribution in [-0.4, -0.2) is 56.6 Å². The van der Waals surface area contributed by atoms with Crippen LogP contribution in [0.3, 0.4) is 0 Å². The molecule has 0 fully saturated rings. The number of hydrogen-bond acceptors (Lipinski definition) is 6. The van der Waals surface area contributed by atoms with Crippen LogP contribution in [0.1, 0.15) is 11.1 Å². The van der Waals surface area contributed by atoms with E-state index >= 15 is 0 Å². The Labute approximate surface area is 170 Å². The third kappa shape index (κ3) is 6.58. The summed E-state index contributed by atoms with van der Waals surface area (Å²) in [4.78, 5) is 0. The van der Waals surface area contributed by atoms with Crippen molar-refractivity contribution in [3.05, 3.63) is 96.0 Å². The number of aliphatic hydroxyl groups excluding tert-OH is 5. The van der Waals surface area contributed by atoms with Gasteiger partial charge in [0, 0.05) is 0 Å². The van der Waals surface area contributed by atoms with Crippen molar-refractivity contribution in [1.29, 1.82) is 0 Å². The molecule has 0 saturated heterocycles. The second kappa shape index (κ2) is 11.2. The Kier molecular flexibility index (Phi) is 8.64. The zero-order valence-corrected chi connectivity index (χ0v) is 15.9. The Morgan fingerprint density at radius 2 is 1.28 bits per heavy atom. The monoisotopic (exact) mass is 398 g/mol. The minimum Gasteiger partial charge on any atom is -0.509 e. The van der Waals surface area contributed by atoms with Gasteiger partial charge in [-0.05, 0) is 23.3 Å². The Morgan fingerprint density at radius 3 is 1.79 bits per heavy atom. The van der Waals surface area contributed by atoms with Crippen molar-refractivity contribution in [2.45, 2.75) is 24.4 Å². The number of rotatable bonds is 10. The fourth-order valence-electron chi connectivity index (χ4n) is 2.60. The van der Waals surface area contributed by atoms with Gasteiger partial charge in [-0.3, -0.25) is 0 Å². The van der Waals surface area contributed by atoms with E-state index in [1.54, 1.807) is 54.6 Å². The minimum absolute atomic E-state index is 0.0126. The highest BCUT2D eigenvalue weighted by Gasteiger charge is 2.35. The number of benzene rings is 2. The van der Waals surface area contributed by atoms with Crippen LogP contribution >= 0.6 is 0 Å². The van der Waals surface area contributed by atoms with Gasteiger partial charge in [-0.2, -0.15) is 0 Å². The lowest BCUT2D eigenvalue weighted by Crippen LogP contribution is -2.46. The van der Waals surface area contributed by atoms with Crippen LogP contribution in [0.25, 0.3) is 12.2 Å². The average Bonchev–Trinajstić information content (AvgIpc) is 2.75. The van der Waals surface area contributed by atoms with Crippen molar-refractivity contribution in [2.24, 2.45) is 0 Å². The predicted octanol–water partition coefficient (Wildman–Crippen LogP) is 2.27. The summed E-state index contributed by atoms with van der Waals surface area (Å²) in [6.07, 6.45) is -2.90. The molecule has 2 rings (SSSR count). The van der Waals surface area contributed by atoms with E-state index < -0.39 is 30.2 Å². The van der Waals surface area contributed by atoms with E-state index in [0.29, 0.717) is 11.1 Å². The molecule has 2 aromatic carbocycles. The maximum Gasteiger partial charge on any atom is 0.139 e. The van der Waals surface area contributed by atoms with Gasteiger partial charge in [0.15, 0.2) is 0 Å². The van der Waals surface area contributed by atoms with E-state index in [9.17, 15) is 25.5 Å². The highest BCUT2D eigenvalue weighted by Crippen LogP contribution is 2.20. The summed E-state index contributed by atoms with van der Waals surface area (Å²) in [5.74, 6) is -0.558. The van der Waals surface area contributed by atoms with Crippen LogP contribution in [0.2, 0.25) is 0 Å². The van der Waals surface area contributed by atoms with Crippen molar-refractivity contribution in [3.63, 3.8) is 0 Å². The van der Waals surface area contributed by atoms with Gasteiger partial charge in [0.25, 0.3) is 0 Å². The molecule has 6 heteroatoms. The zero-order chi connectivity index (χ0) is 21.2. The molecule has 0 heterocycles. The summed E-state index contributed by atoms with van der Waals surface area (Å²) >= 11 is 0. The zero-order valence-electron chi connectivity index (χ0n) is 15.9. The van der Waals surface area contributed by atoms with Crippen LogP contribution in [0.4, 0.5) is 0 Å². The molecule has 0 radical (unpaired) electrons. The summed E-state index contributed by atoms with van der Waals surface area (Å²) in [5, 5.41) is 51.4. The van der Waals surface area contributed by atoms with Gasteiger partial charge < -0.3 is 30.3 Å². The second-order valence-corrected chi connectivity index (χ2v) is 6.41. The molecule has 0 unspecified atom stereocenters. The lowest BCUT2D eigenvalue weighted by atomic mass is 9.98. The van der Waals surface area contributed by atoms with E-state index in [2.05, 4.69) is 6.58 Å².